The predicted octanol–water partition coefficient (Wildman–Crippen LogP) is 4.24. The summed E-state index contributed by atoms with van der Waals surface area (Å²) in [5.74, 6) is 0.532. The fraction of sp³-hybridized carbons (Fsp3) is 0.100. The zero-order valence-corrected chi connectivity index (χ0v) is 14.2. The second-order valence-electron chi connectivity index (χ2n) is 5.41. The third-order valence-electron chi connectivity index (χ3n) is 3.62. The summed E-state index contributed by atoms with van der Waals surface area (Å²) >= 11 is 6.10. The molecule has 1 heterocycles. The molecular formula is C20H17ClN2O2. The Morgan fingerprint density at radius 2 is 1.76 bits per heavy atom. The molecule has 0 aliphatic rings. The van der Waals surface area contributed by atoms with Crippen molar-refractivity contribution in [2.24, 2.45) is 0 Å². The van der Waals surface area contributed by atoms with Gasteiger partial charge >= 0.3 is 0 Å². The number of hydrogen-bond acceptors (Lipinski definition) is 3. The molecule has 1 aromatic heterocycles. The third-order valence-corrected chi connectivity index (χ3v) is 3.99. The minimum atomic E-state index is -0.150. The molecule has 3 rings (SSSR count). The molecule has 126 valence electrons. The van der Waals surface area contributed by atoms with Crippen molar-refractivity contribution in [3.63, 3.8) is 0 Å². The van der Waals surface area contributed by atoms with E-state index >= 15 is 0 Å². The first-order valence-corrected chi connectivity index (χ1v) is 8.24. The average Bonchev–Trinajstić information content (AvgIpc) is 2.67. The quantitative estimate of drug-likeness (QED) is 0.721. The van der Waals surface area contributed by atoms with Crippen LogP contribution in [0.5, 0.6) is 5.75 Å². The Morgan fingerprint density at radius 1 is 1.00 bits per heavy atom. The number of benzene rings is 2. The van der Waals surface area contributed by atoms with E-state index in [1.807, 2.05) is 42.5 Å². The number of ether oxygens (including phenoxy) is 1. The van der Waals surface area contributed by atoms with Crippen molar-refractivity contribution in [2.75, 3.05) is 0 Å². The first kappa shape index (κ1) is 17.0. The van der Waals surface area contributed by atoms with Crippen LogP contribution in [-0.2, 0) is 13.2 Å². The van der Waals surface area contributed by atoms with Gasteiger partial charge in [-0.2, -0.15) is 0 Å². The topological polar surface area (TPSA) is 51.2 Å². The molecule has 2 aromatic carbocycles. The van der Waals surface area contributed by atoms with Crippen molar-refractivity contribution in [1.82, 2.24) is 10.3 Å². The lowest BCUT2D eigenvalue weighted by Gasteiger charge is -2.09. The van der Waals surface area contributed by atoms with Crippen LogP contribution in [-0.4, -0.2) is 10.9 Å². The highest BCUT2D eigenvalue weighted by molar-refractivity contribution is 6.31. The number of nitrogens with zero attached hydrogens (tertiary/aromatic N) is 1. The second-order valence-corrected chi connectivity index (χ2v) is 5.82. The Kier molecular flexibility index (Phi) is 5.65. The van der Waals surface area contributed by atoms with Crippen LogP contribution in [0.1, 0.15) is 21.6 Å². The Labute approximate surface area is 151 Å². The predicted molar refractivity (Wildman–Crippen MR) is 97.6 cm³/mol. The minimum absolute atomic E-state index is 0.150. The van der Waals surface area contributed by atoms with Gasteiger partial charge in [0.15, 0.2) is 0 Å². The van der Waals surface area contributed by atoms with Gasteiger partial charge in [-0.15, -0.1) is 0 Å². The van der Waals surface area contributed by atoms with E-state index in [-0.39, 0.29) is 5.91 Å². The lowest BCUT2D eigenvalue weighted by atomic mass is 10.2. The van der Waals surface area contributed by atoms with E-state index < -0.39 is 0 Å². The molecule has 25 heavy (non-hydrogen) atoms. The standard InChI is InChI=1S/C20H17ClN2O2/c21-19-7-2-1-5-16(19)14-25-18-10-8-15(9-11-18)20(24)23-13-17-6-3-4-12-22-17/h1-12H,13-14H2,(H,23,24). The van der Waals surface area contributed by atoms with E-state index in [9.17, 15) is 4.79 Å². The molecule has 0 aliphatic heterocycles. The molecule has 5 heteroatoms. The van der Waals surface area contributed by atoms with E-state index in [0.29, 0.717) is 29.5 Å². The number of nitrogens with one attached hydrogen (secondary N) is 1. The van der Waals surface area contributed by atoms with Crippen molar-refractivity contribution in [3.8, 4) is 5.75 Å². The van der Waals surface area contributed by atoms with Crippen LogP contribution >= 0.6 is 11.6 Å². The van der Waals surface area contributed by atoms with Gasteiger partial charge in [0.25, 0.3) is 5.91 Å². The van der Waals surface area contributed by atoms with Gasteiger partial charge < -0.3 is 10.1 Å². The van der Waals surface area contributed by atoms with Crippen LogP contribution in [0.25, 0.3) is 0 Å². The second kappa shape index (κ2) is 8.31. The summed E-state index contributed by atoms with van der Waals surface area (Å²) in [6.07, 6.45) is 1.70. The Hall–Kier alpha value is -2.85. The number of amides is 1. The molecule has 0 aliphatic carbocycles. The highest BCUT2D eigenvalue weighted by Crippen LogP contribution is 2.19. The largest absolute Gasteiger partial charge is 0.489 e. The zero-order valence-electron chi connectivity index (χ0n) is 13.5. The Bertz CT molecular complexity index is 836. The molecule has 4 nitrogen and oxygen atoms in total. The van der Waals surface area contributed by atoms with Crippen molar-refractivity contribution in [2.45, 2.75) is 13.2 Å². The van der Waals surface area contributed by atoms with Gasteiger partial charge in [0.2, 0.25) is 0 Å². The summed E-state index contributed by atoms with van der Waals surface area (Å²) in [4.78, 5) is 16.3. The summed E-state index contributed by atoms with van der Waals surface area (Å²) in [7, 11) is 0. The van der Waals surface area contributed by atoms with Crippen LogP contribution in [0.2, 0.25) is 5.02 Å². The number of rotatable bonds is 6. The fourth-order valence-corrected chi connectivity index (χ4v) is 2.44. The van der Waals surface area contributed by atoms with Gasteiger partial charge in [0.1, 0.15) is 12.4 Å². The number of carbonyl (C=O) groups excluding carboxylic acids is 1. The zero-order chi connectivity index (χ0) is 17.5. The average molecular weight is 353 g/mol. The van der Waals surface area contributed by atoms with Crippen LogP contribution in [0.4, 0.5) is 0 Å². The molecule has 0 saturated carbocycles. The van der Waals surface area contributed by atoms with Crippen molar-refractivity contribution >= 4 is 17.5 Å². The van der Waals surface area contributed by atoms with Crippen molar-refractivity contribution < 1.29 is 9.53 Å². The fourth-order valence-electron chi connectivity index (χ4n) is 2.25. The normalized spacial score (nSPS) is 10.3. The van der Waals surface area contributed by atoms with E-state index in [1.54, 1.807) is 30.5 Å². The van der Waals surface area contributed by atoms with Crippen LogP contribution in [0, 0.1) is 0 Å². The van der Waals surface area contributed by atoms with E-state index in [0.717, 1.165) is 11.3 Å². The number of halogens is 1. The molecule has 3 aromatic rings. The highest BCUT2D eigenvalue weighted by atomic mass is 35.5. The van der Waals surface area contributed by atoms with Crippen LogP contribution < -0.4 is 10.1 Å². The minimum Gasteiger partial charge on any atom is -0.489 e. The SMILES string of the molecule is O=C(NCc1ccccn1)c1ccc(OCc2ccccc2Cl)cc1. The molecule has 0 radical (unpaired) electrons. The molecular weight excluding hydrogens is 336 g/mol. The lowest BCUT2D eigenvalue weighted by molar-refractivity contribution is 0.0950. The van der Waals surface area contributed by atoms with E-state index in [1.165, 1.54) is 0 Å². The summed E-state index contributed by atoms with van der Waals surface area (Å²) in [5, 5.41) is 3.51. The van der Waals surface area contributed by atoms with Gasteiger partial charge in [0, 0.05) is 22.3 Å². The number of hydrogen-bond donors (Lipinski definition) is 1. The Balaban J connectivity index is 1.54. The summed E-state index contributed by atoms with van der Waals surface area (Å²) in [6, 6.07) is 20.1. The molecule has 0 unspecified atom stereocenters. The van der Waals surface area contributed by atoms with Gasteiger partial charge in [0.05, 0.1) is 12.2 Å². The maximum Gasteiger partial charge on any atom is 0.251 e. The third kappa shape index (κ3) is 4.81. The van der Waals surface area contributed by atoms with E-state index in [2.05, 4.69) is 10.3 Å². The first-order valence-electron chi connectivity index (χ1n) is 7.87. The molecule has 0 bridgehead atoms. The van der Waals surface area contributed by atoms with Crippen molar-refractivity contribution in [1.29, 1.82) is 0 Å². The maximum atomic E-state index is 12.2. The number of pyridine rings is 1. The first-order chi connectivity index (χ1) is 12.2. The van der Waals surface area contributed by atoms with Gasteiger partial charge in [-0.1, -0.05) is 35.9 Å². The molecule has 0 fully saturated rings. The van der Waals surface area contributed by atoms with Gasteiger partial charge in [-0.05, 0) is 42.5 Å². The smallest absolute Gasteiger partial charge is 0.251 e. The van der Waals surface area contributed by atoms with Crippen LogP contribution in [0.15, 0.2) is 72.9 Å². The molecule has 0 spiro atoms. The monoisotopic (exact) mass is 352 g/mol. The summed E-state index contributed by atoms with van der Waals surface area (Å²) in [6.45, 7) is 0.773. The molecule has 0 atom stereocenters. The summed E-state index contributed by atoms with van der Waals surface area (Å²) in [5.41, 5.74) is 2.30. The number of aromatic nitrogens is 1. The number of carbonyl (C=O) groups is 1. The van der Waals surface area contributed by atoms with E-state index in [4.69, 9.17) is 16.3 Å². The molecule has 1 N–H and O–H groups in total. The van der Waals surface area contributed by atoms with Crippen molar-refractivity contribution in [3.05, 3.63) is 94.8 Å². The lowest BCUT2D eigenvalue weighted by Crippen LogP contribution is -2.23. The van der Waals surface area contributed by atoms with Gasteiger partial charge in [-0.3, -0.25) is 9.78 Å². The maximum absolute atomic E-state index is 12.2. The summed E-state index contributed by atoms with van der Waals surface area (Å²) < 4.78 is 5.71. The molecule has 0 saturated heterocycles. The van der Waals surface area contributed by atoms with Crippen LogP contribution in [0.3, 0.4) is 0 Å². The Morgan fingerprint density at radius 3 is 2.48 bits per heavy atom. The highest BCUT2D eigenvalue weighted by Gasteiger charge is 2.06. The molecule has 1 amide bonds. The van der Waals surface area contributed by atoms with Gasteiger partial charge in [-0.25, -0.2) is 0 Å².